The summed E-state index contributed by atoms with van der Waals surface area (Å²) >= 11 is 0. The van der Waals surface area contributed by atoms with Crippen LogP contribution < -0.4 is 0 Å². The Morgan fingerprint density at radius 3 is 2.65 bits per heavy atom. The number of aromatic nitrogens is 1. The summed E-state index contributed by atoms with van der Waals surface area (Å²) in [7, 11) is 0. The molecular formula is C33H39NO3. The highest BCUT2D eigenvalue weighted by molar-refractivity contribution is 5.91. The number of hydrogen-bond acceptors (Lipinski definition) is 4. The summed E-state index contributed by atoms with van der Waals surface area (Å²) < 4.78 is 0. The summed E-state index contributed by atoms with van der Waals surface area (Å²) in [6.07, 6.45) is 16.8. The molecule has 0 radical (unpaired) electrons. The van der Waals surface area contributed by atoms with Gasteiger partial charge in [-0.2, -0.15) is 0 Å². The number of nitrogens with zero attached hydrogens (tertiary/aromatic N) is 1. The van der Waals surface area contributed by atoms with Crippen molar-refractivity contribution >= 4 is 5.78 Å². The van der Waals surface area contributed by atoms with Crippen molar-refractivity contribution in [3.05, 3.63) is 78.2 Å². The Morgan fingerprint density at radius 1 is 1.05 bits per heavy atom. The van der Waals surface area contributed by atoms with Crippen molar-refractivity contribution in [1.29, 1.82) is 0 Å². The predicted molar refractivity (Wildman–Crippen MR) is 146 cm³/mol. The molecule has 0 bridgehead atoms. The van der Waals surface area contributed by atoms with Gasteiger partial charge in [-0.25, -0.2) is 0 Å². The van der Waals surface area contributed by atoms with Crippen molar-refractivity contribution in [2.75, 3.05) is 6.61 Å². The van der Waals surface area contributed by atoms with E-state index in [2.05, 4.69) is 54.4 Å². The minimum Gasteiger partial charge on any atom is -0.396 e. The smallest absolute Gasteiger partial charge is 0.155 e. The molecule has 7 atom stereocenters. The molecule has 0 spiro atoms. The van der Waals surface area contributed by atoms with Crippen LogP contribution in [0.5, 0.6) is 0 Å². The fraction of sp³-hybridized carbons (Fsp3) is 0.515. The lowest BCUT2D eigenvalue weighted by molar-refractivity contribution is -0.150. The summed E-state index contributed by atoms with van der Waals surface area (Å²) in [6, 6.07) is 13.1. The molecule has 2 aromatic rings. The Hall–Kier alpha value is -2.56. The molecule has 2 N–H and O–H groups in total. The molecule has 4 aliphatic rings. The Balaban J connectivity index is 1.42. The van der Waals surface area contributed by atoms with Crippen molar-refractivity contribution in [1.82, 2.24) is 4.98 Å². The lowest BCUT2D eigenvalue weighted by Gasteiger charge is -2.63. The molecule has 0 amide bonds. The van der Waals surface area contributed by atoms with Crippen LogP contribution >= 0.6 is 0 Å². The molecule has 1 unspecified atom stereocenters. The number of carbonyl (C=O) groups excluding carboxylic acids is 1. The minimum atomic E-state index is -0.907. The zero-order chi connectivity index (χ0) is 25.6. The standard InChI is InChI=1S/C33H39NO3/c1-32-20-29(23-9-7-22(8-10-23)25-5-3-17-34-21-25)31-27-14-12-26(36)19-24(27)11-13-28(31)30(32)6-2-15-33(32,37)16-4-18-35/h2-3,5,7-10,15,17,19,21,27-31,35,37H,4,6,11-14,16,18,20H2,1H3/t27-,28-,29+,30-,31+,32-,33?/m0/s1. The Morgan fingerprint density at radius 2 is 1.89 bits per heavy atom. The highest BCUT2D eigenvalue weighted by Crippen LogP contribution is 2.66. The number of allylic oxidation sites excluding steroid dienone is 3. The number of fused-ring (bicyclic) bond motifs is 5. The normalized spacial score (nSPS) is 36.8. The largest absolute Gasteiger partial charge is 0.396 e. The number of ketones is 1. The maximum atomic E-state index is 12.3. The van der Waals surface area contributed by atoms with Gasteiger partial charge in [0.05, 0.1) is 5.60 Å². The Labute approximate surface area is 220 Å². The van der Waals surface area contributed by atoms with Gasteiger partial charge in [0, 0.05) is 30.8 Å². The number of aliphatic hydroxyl groups excluding tert-OH is 1. The molecule has 0 saturated heterocycles. The molecule has 6 rings (SSSR count). The van der Waals surface area contributed by atoms with Gasteiger partial charge < -0.3 is 10.2 Å². The third kappa shape index (κ3) is 4.13. The number of pyridine rings is 1. The van der Waals surface area contributed by atoms with E-state index >= 15 is 0 Å². The van der Waals surface area contributed by atoms with Crippen LogP contribution in [-0.2, 0) is 4.79 Å². The first-order chi connectivity index (χ1) is 17.9. The van der Waals surface area contributed by atoms with Gasteiger partial charge in [-0.1, -0.05) is 55.0 Å². The molecule has 4 aliphatic carbocycles. The van der Waals surface area contributed by atoms with Gasteiger partial charge in [-0.3, -0.25) is 9.78 Å². The van der Waals surface area contributed by atoms with Crippen molar-refractivity contribution < 1.29 is 15.0 Å². The van der Waals surface area contributed by atoms with Gasteiger partial charge in [0.1, 0.15) is 0 Å². The second kappa shape index (κ2) is 9.63. The molecule has 4 heteroatoms. The Kier molecular flexibility index (Phi) is 6.45. The van der Waals surface area contributed by atoms with Gasteiger partial charge in [0.25, 0.3) is 0 Å². The van der Waals surface area contributed by atoms with Crippen LogP contribution in [0.4, 0.5) is 0 Å². The van der Waals surface area contributed by atoms with Crippen molar-refractivity contribution in [2.24, 2.45) is 29.1 Å². The van der Waals surface area contributed by atoms with Crippen LogP contribution in [0.3, 0.4) is 0 Å². The predicted octanol–water partition coefficient (Wildman–Crippen LogP) is 6.25. The van der Waals surface area contributed by atoms with Crippen LogP contribution in [0.1, 0.15) is 69.8 Å². The summed E-state index contributed by atoms with van der Waals surface area (Å²) in [5.74, 6) is 2.49. The lowest BCUT2D eigenvalue weighted by atomic mass is 9.42. The van der Waals surface area contributed by atoms with E-state index in [9.17, 15) is 15.0 Å². The van der Waals surface area contributed by atoms with Crippen LogP contribution in [0.2, 0.25) is 0 Å². The van der Waals surface area contributed by atoms with Crippen LogP contribution in [-0.4, -0.2) is 33.2 Å². The van der Waals surface area contributed by atoms with E-state index in [0.29, 0.717) is 54.6 Å². The molecule has 2 fully saturated rings. The number of carbonyl (C=O) groups is 1. The first-order valence-corrected chi connectivity index (χ1v) is 14.2. The molecule has 1 heterocycles. The fourth-order valence-electron chi connectivity index (χ4n) is 8.70. The SMILES string of the molecule is C[C@]12C[C@H](c3ccc(-c4cccnc4)cc3)[C@H]3[C@@H](CCC4=CC(=O)CC[C@@H]43)[C@@H]1CC=CC2(O)CCCO. The average molecular weight is 498 g/mol. The van der Waals surface area contributed by atoms with E-state index in [1.165, 1.54) is 16.7 Å². The third-order valence-corrected chi connectivity index (χ3v) is 10.5. The number of benzene rings is 1. The first-order valence-electron chi connectivity index (χ1n) is 14.2. The van der Waals surface area contributed by atoms with E-state index in [1.54, 1.807) is 6.20 Å². The zero-order valence-corrected chi connectivity index (χ0v) is 21.9. The minimum absolute atomic E-state index is 0.104. The molecule has 1 aromatic heterocycles. The van der Waals surface area contributed by atoms with Crippen molar-refractivity contribution in [3.63, 3.8) is 0 Å². The van der Waals surface area contributed by atoms with Crippen LogP contribution in [0.15, 0.2) is 72.6 Å². The molecular weight excluding hydrogens is 458 g/mol. The average Bonchev–Trinajstić information content (AvgIpc) is 2.92. The monoisotopic (exact) mass is 497 g/mol. The van der Waals surface area contributed by atoms with Crippen LogP contribution in [0, 0.1) is 29.1 Å². The first kappa shape index (κ1) is 24.8. The van der Waals surface area contributed by atoms with Gasteiger partial charge in [-0.05, 0) is 103 Å². The van der Waals surface area contributed by atoms with Gasteiger partial charge >= 0.3 is 0 Å². The molecule has 37 heavy (non-hydrogen) atoms. The molecule has 2 saturated carbocycles. The second-order valence-corrected chi connectivity index (χ2v) is 12.2. The summed E-state index contributed by atoms with van der Waals surface area (Å²) in [5, 5.41) is 21.7. The third-order valence-electron chi connectivity index (χ3n) is 10.5. The maximum Gasteiger partial charge on any atom is 0.155 e. The highest BCUT2D eigenvalue weighted by Gasteiger charge is 2.61. The highest BCUT2D eigenvalue weighted by atomic mass is 16.3. The second-order valence-electron chi connectivity index (χ2n) is 12.2. The number of hydrogen-bond donors (Lipinski definition) is 2. The quantitative estimate of drug-likeness (QED) is 0.479. The fourth-order valence-corrected chi connectivity index (χ4v) is 8.70. The van der Waals surface area contributed by atoms with E-state index in [-0.39, 0.29) is 12.0 Å². The lowest BCUT2D eigenvalue weighted by Crippen LogP contribution is -2.60. The maximum absolute atomic E-state index is 12.3. The van der Waals surface area contributed by atoms with Gasteiger partial charge in [0.15, 0.2) is 5.78 Å². The topological polar surface area (TPSA) is 70.4 Å². The summed E-state index contributed by atoms with van der Waals surface area (Å²) in [4.78, 5) is 16.6. The summed E-state index contributed by atoms with van der Waals surface area (Å²) in [6.45, 7) is 2.42. The van der Waals surface area contributed by atoms with Gasteiger partial charge in [-0.15, -0.1) is 0 Å². The van der Waals surface area contributed by atoms with Gasteiger partial charge in [0.2, 0.25) is 0 Å². The molecule has 4 nitrogen and oxygen atoms in total. The zero-order valence-electron chi connectivity index (χ0n) is 21.9. The molecule has 0 aliphatic heterocycles. The number of aliphatic hydroxyl groups is 2. The Bertz CT molecular complexity index is 1200. The van der Waals surface area contributed by atoms with E-state index < -0.39 is 5.60 Å². The van der Waals surface area contributed by atoms with Crippen molar-refractivity contribution in [2.45, 2.75) is 69.8 Å². The van der Waals surface area contributed by atoms with Crippen molar-refractivity contribution in [3.8, 4) is 11.1 Å². The molecule has 194 valence electrons. The number of rotatable bonds is 5. The molecule has 1 aromatic carbocycles. The van der Waals surface area contributed by atoms with E-state index in [0.717, 1.165) is 37.7 Å². The summed E-state index contributed by atoms with van der Waals surface area (Å²) in [5.41, 5.74) is 3.85. The van der Waals surface area contributed by atoms with Crippen LogP contribution in [0.25, 0.3) is 11.1 Å². The van der Waals surface area contributed by atoms with E-state index in [1.807, 2.05) is 18.3 Å². The van der Waals surface area contributed by atoms with E-state index in [4.69, 9.17) is 0 Å².